The monoisotopic (exact) mass is 406 g/mol. The van der Waals surface area contributed by atoms with Crippen LogP contribution in [0.25, 0.3) is 0 Å². The molecule has 1 amide bonds. The molecule has 0 aliphatic rings. The Labute approximate surface area is 164 Å². The molecule has 0 unspecified atom stereocenters. The second kappa shape index (κ2) is 9.23. The minimum Gasteiger partial charge on any atom is -0.494 e. The third-order valence-electron chi connectivity index (χ3n) is 3.67. The number of carbonyl (C=O) groups is 2. The molecule has 0 fully saturated rings. The van der Waals surface area contributed by atoms with Crippen molar-refractivity contribution >= 4 is 33.3 Å². The standard InChI is InChI=1S/C19H22N2O6S/c1-4-27-17-10-6-9-16(12-17)21(28(3,24)25)13-18(22)20-15-8-5-7-14(11-15)19(23)26-2/h5-12H,4,13H2,1-3H3,(H,20,22). The Kier molecular flexibility index (Phi) is 7.00. The second-order valence-corrected chi connectivity index (χ2v) is 7.73. The zero-order valence-corrected chi connectivity index (χ0v) is 16.7. The average molecular weight is 406 g/mol. The maximum absolute atomic E-state index is 12.4. The van der Waals surface area contributed by atoms with Gasteiger partial charge in [0.2, 0.25) is 15.9 Å². The van der Waals surface area contributed by atoms with Crippen molar-refractivity contribution in [1.82, 2.24) is 0 Å². The van der Waals surface area contributed by atoms with Crippen molar-refractivity contribution in [3.8, 4) is 5.75 Å². The maximum atomic E-state index is 12.4. The molecule has 2 aromatic rings. The van der Waals surface area contributed by atoms with Crippen molar-refractivity contribution in [2.45, 2.75) is 6.92 Å². The molecule has 0 saturated carbocycles. The molecule has 0 aliphatic heterocycles. The first-order chi connectivity index (χ1) is 13.2. The third-order valence-corrected chi connectivity index (χ3v) is 4.81. The summed E-state index contributed by atoms with van der Waals surface area (Å²) in [4.78, 5) is 24.0. The van der Waals surface area contributed by atoms with E-state index < -0.39 is 28.4 Å². The molecule has 0 radical (unpaired) electrons. The van der Waals surface area contributed by atoms with E-state index in [4.69, 9.17) is 4.74 Å². The minimum absolute atomic E-state index is 0.268. The van der Waals surface area contributed by atoms with E-state index in [1.54, 1.807) is 42.5 Å². The van der Waals surface area contributed by atoms with Crippen molar-refractivity contribution < 1.29 is 27.5 Å². The van der Waals surface area contributed by atoms with Gasteiger partial charge in [0.25, 0.3) is 0 Å². The zero-order chi connectivity index (χ0) is 20.7. The first kappa shape index (κ1) is 21.2. The summed E-state index contributed by atoms with van der Waals surface area (Å²) in [6.45, 7) is 1.81. The lowest BCUT2D eigenvalue weighted by atomic mass is 10.2. The second-order valence-electron chi connectivity index (χ2n) is 5.82. The SMILES string of the molecule is CCOc1cccc(N(CC(=O)Nc2cccc(C(=O)OC)c2)S(C)(=O)=O)c1. The van der Waals surface area contributed by atoms with E-state index in [-0.39, 0.29) is 5.56 Å². The van der Waals surface area contributed by atoms with Gasteiger partial charge in [0.15, 0.2) is 0 Å². The molecular formula is C19H22N2O6S. The van der Waals surface area contributed by atoms with Crippen LogP contribution in [0.5, 0.6) is 5.75 Å². The Morgan fingerprint density at radius 3 is 2.46 bits per heavy atom. The number of hydrogen-bond acceptors (Lipinski definition) is 6. The van der Waals surface area contributed by atoms with Crippen LogP contribution in [0.3, 0.4) is 0 Å². The van der Waals surface area contributed by atoms with Crippen LogP contribution in [0, 0.1) is 0 Å². The molecule has 9 heteroatoms. The minimum atomic E-state index is -3.72. The predicted molar refractivity (Wildman–Crippen MR) is 106 cm³/mol. The summed E-state index contributed by atoms with van der Waals surface area (Å²) >= 11 is 0. The van der Waals surface area contributed by atoms with Crippen LogP contribution in [-0.4, -0.2) is 46.8 Å². The van der Waals surface area contributed by atoms with E-state index >= 15 is 0 Å². The lowest BCUT2D eigenvalue weighted by Gasteiger charge is -2.22. The van der Waals surface area contributed by atoms with Gasteiger partial charge in [-0.15, -0.1) is 0 Å². The van der Waals surface area contributed by atoms with Gasteiger partial charge in [-0.3, -0.25) is 9.10 Å². The number of nitrogens with one attached hydrogen (secondary N) is 1. The molecular weight excluding hydrogens is 384 g/mol. The molecule has 0 aliphatic carbocycles. The molecule has 28 heavy (non-hydrogen) atoms. The summed E-state index contributed by atoms with van der Waals surface area (Å²) < 4.78 is 35.4. The number of rotatable bonds is 8. The first-order valence-corrected chi connectivity index (χ1v) is 10.3. The first-order valence-electron chi connectivity index (χ1n) is 8.43. The fourth-order valence-electron chi connectivity index (χ4n) is 2.47. The van der Waals surface area contributed by atoms with E-state index in [2.05, 4.69) is 10.1 Å². The number of methoxy groups -OCH3 is 1. The van der Waals surface area contributed by atoms with Crippen LogP contribution in [0.15, 0.2) is 48.5 Å². The summed E-state index contributed by atoms with van der Waals surface area (Å²) in [5.41, 5.74) is 0.931. The summed E-state index contributed by atoms with van der Waals surface area (Å²) in [6, 6.07) is 12.6. The molecule has 0 atom stereocenters. The molecule has 2 rings (SSSR count). The molecule has 0 bridgehead atoms. The van der Waals surface area contributed by atoms with E-state index in [0.717, 1.165) is 10.6 Å². The number of anilines is 2. The topological polar surface area (TPSA) is 102 Å². The Morgan fingerprint density at radius 2 is 1.82 bits per heavy atom. The van der Waals surface area contributed by atoms with E-state index in [0.29, 0.717) is 23.7 Å². The third kappa shape index (κ3) is 5.71. The fourth-order valence-corrected chi connectivity index (χ4v) is 3.32. The predicted octanol–water partition coefficient (Wildman–Crippen LogP) is 2.28. The van der Waals surface area contributed by atoms with Gasteiger partial charge in [-0.2, -0.15) is 0 Å². The van der Waals surface area contributed by atoms with Gasteiger partial charge >= 0.3 is 5.97 Å². The van der Waals surface area contributed by atoms with Gasteiger partial charge in [0.1, 0.15) is 12.3 Å². The van der Waals surface area contributed by atoms with E-state index in [1.165, 1.54) is 13.2 Å². The lowest BCUT2D eigenvalue weighted by Crippen LogP contribution is -2.37. The van der Waals surface area contributed by atoms with Crippen molar-refractivity contribution in [2.75, 3.05) is 36.1 Å². The number of amides is 1. The number of sulfonamides is 1. The lowest BCUT2D eigenvalue weighted by molar-refractivity contribution is -0.114. The molecule has 0 aromatic heterocycles. The highest BCUT2D eigenvalue weighted by atomic mass is 32.2. The van der Waals surface area contributed by atoms with Gasteiger partial charge in [0, 0.05) is 11.8 Å². The maximum Gasteiger partial charge on any atom is 0.337 e. The van der Waals surface area contributed by atoms with Crippen molar-refractivity contribution in [1.29, 1.82) is 0 Å². The smallest absolute Gasteiger partial charge is 0.337 e. The van der Waals surface area contributed by atoms with E-state index in [1.807, 2.05) is 6.92 Å². The fraction of sp³-hybridized carbons (Fsp3) is 0.263. The van der Waals surface area contributed by atoms with Crippen LogP contribution < -0.4 is 14.4 Å². The molecule has 0 heterocycles. The summed E-state index contributed by atoms with van der Waals surface area (Å²) in [5, 5.41) is 2.59. The van der Waals surface area contributed by atoms with Crippen molar-refractivity contribution in [2.24, 2.45) is 0 Å². The van der Waals surface area contributed by atoms with Crippen molar-refractivity contribution in [3.05, 3.63) is 54.1 Å². The van der Waals surface area contributed by atoms with Crippen LogP contribution in [0.2, 0.25) is 0 Å². The average Bonchev–Trinajstić information content (AvgIpc) is 2.65. The molecule has 0 saturated heterocycles. The molecule has 2 aromatic carbocycles. The van der Waals surface area contributed by atoms with Gasteiger partial charge in [-0.05, 0) is 37.3 Å². The van der Waals surface area contributed by atoms with Crippen LogP contribution in [0.4, 0.5) is 11.4 Å². The van der Waals surface area contributed by atoms with Gasteiger partial charge < -0.3 is 14.8 Å². The quantitative estimate of drug-likeness (QED) is 0.675. The van der Waals surface area contributed by atoms with Crippen LogP contribution in [0.1, 0.15) is 17.3 Å². The summed E-state index contributed by atoms with van der Waals surface area (Å²) in [5.74, 6) is -0.601. The van der Waals surface area contributed by atoms with Gasteiger partial charge in [-0.1, -0.05) is 12.1 Å². The summed E-state index contributed by atoms with van der Waals surface area (Å²) in [6.07, 6.45) is 1.02. The van der Waals surface area contributed by atoms with Crippen LogP contribution >= 0.6 is 0 Å². The highest BCUT2D eigenvalue weighted by molar-refractivity contribution is 7.92. The molecule has 1 N–H and O–H groups in total. The zero-order valence-electron chi connectivity index (χ0n) is 15.8. The molecule has 150 valence electrons. The highest BCUT2D eigenvalue weighted by Crippen LogP contribution is 2.23. The molecule has 0 spiro atoms. The number of ether oxygens (including phenoxy) is 2. The number of hydrogen-bond donors (Lipinski definition) is 1. The number of esters is 1. The molecule has 8 nitrogen and oxygen atoms in total. The Morgan fingerprint density at radius 1 is 1.11 bits per heavy atom. The normalized spacial score (nSPS) is 10.8. The Bertz CT molecular complexity index is 958. The van der Waals surface area contributed by atoms with Gasteiger partial charge in [0.05, 0.1) is 31.2 Å². The van der Waals surface area contributed by atoms with Crippen molar-refractivity contribution in [3.63, 3.8) is 0 Å². The largest absolute Gasteiger partial charge is 0.494 e. The number of carbonyl (C=O) groups excluding carboxylic acids is 2. The Balaban J connectivity index is 2.21. The number of nitrogens with zero attached hydrogens (tertiary/aromatic N) is 1. The number of benzene rings is 2. The highest BCUT2D eigenvalue weighted by Gasteiger charge is 2.21. The van der Waals surface area contributed by atoms with Crippen LogP contribution in [-0.2, 0) is 19.6 Å². The summed E-state index contributed by atoms with van der Waals surface area (Å²) in [7, 11) is -2.46. The Hall–Kier alpha value is -3.07. The van der Waals surface area contributed by atoms with E-state index in [9.17, 15) is 18.0 Å². The van der Waals surface area contributed by atoms with Gasteiger partial charge in [-0.25, -0.2) is 13.2 Å².